The molecule has 2 fully saturated rings. The molecule has 15 heteroatoms. The molecule has 4 aromatic rings. The highest BCUT2D eigenvalue weighted by molar-refractivity contribution is 7.16. The molecule has 4 atom stereocenters. The molecule has 288 valence electrons. The van der Waals surface area contributed by atoms with Gasteiger partial charge in [-0.25, -0.2) is 19.6 Å². The Balaban J connectivity index is 1.08. The standard InChI is InChI=1S/C39H50N8O6S/c1-22(2)32(44-38(50)52-5)36(48)46-18-8-12-29(46)34-40-21-28(43-34)31-17-15-25(54-31)11-7-10-24-14-16-26-27(20-24)42-35(41-26)30-13-9-19-47(30)37(49)33(23(3)4)45-39(51)53-6/h7,11,14-17,20-23,29-30,32-33H,8-10,12-13,18-19H2,1-6H3,(H,40,43)(H,41,42)(H,44,50)(H,45,51)/b11-7+/t29-,30-,32-,33-/m0/s1. The van der Waals surface area contributed by atoms with Crippen LogP contribution in [0.15, 0.2) is 42.6 Å². The second-order valence-corrected chi connectivity index (χ2v) is 15.7. The van der Waals surface area contributed by atoms with Crippen LogP contribution in [-0.2, 0) is 25.5 Å². The van der Waals surface area contributed by atoms with Crippen LogP contribution in [0.1, 0.15) is 87.6 Å². The lowest BCUT2D eigenvalue weighted by molar-refractivity contribution is -0.136. The summed E-state index contributed by atoms with van der Waals surface area (Å²) in [5.41, 5.74) is 3.78. The van der Waals surface area contributed by atoms with Crippen LogP contribution < -0.4 is 10.6 Å². The van der Waals surface area contributed by atoms with Crippen LogP contribution in [0.25, 0.3) is 27.7 Å². The minimum absolute atomic E-state index is 0.0988. The van der Waals surface area contributed by atoms with Gasteiger partial charge in [-0.15, -0.1) is 11.3 Å². The highest BCUT2D eigenvalue weighted by atomic mass is 32.1. The van der Waals surface area contributed by atoms with Crippen LogP contribution in [-0.4, -0.2) is 93.1 Å². The number of hydrogen-bond acceptors (Lipinski definition) is 9. The number of carbonyl (C=O) groups excluding carboxylic acids is 4. The molecule has 4 N–H and O–H groups in total. The number of aromatic nitrogens is 4. The van der Waals surface area contributed by atoms with E-state index in [4.69, 9.17) is 14.5 Å². The molecule has 0 aliphatic carbocycles. The molecule has 0 saturated carbocycles. The summed E-state index contributed by atoms with van der Waals surface area (Å²) in [6, 6.07) is 8.58. The first-order valence-corrected chi connectivity index (χ1v) is 19.4. The molecule has 2 aliphatic heterocycles. The molecule has 3 aromatic heterocycles. The number of carbonyl (C=O) groups is 4. The monoisotopic (exact) mass is 758 g/mol. The molecule has 6 rings (SSSR count). The van der Waals surface area contributed by atoms with E-state index < -0.39 is 24.3 Å². The Morgan fingerprint density at radius 2 is 1.48 bits per heavy atom. The molecule has 2 aliphatic rings. The molecule has 2 saturated heterocycles. The molecular weight excluding hydrogens is 709 g/mol. The van der Waals surface area contributed by atoms with Crippen molar-refractivity contribution in [1.29, 1.82) is 0 Å². The maximum absolute atomic E-state index is 13.5. The molecule has 54 heavy (non-hydrogen) atoms. The van der Waals surface area contributed by atoms with Crippen molar-refractivity contribution >= 4 is 52.4 Å². The lowest BCUT2D eigenvalue weighted by Gasteiger charge is -2.30. The SMILES string of the molecule is COC(=O)N[C@H](C(=O)N1CCC[C@H]1c1ncc(-c2ccc(/C=C/Cc3ccc4nc([C@@H]5CCCN5C(=O)[C@@H](NC(=O)OC)C(C)C)[nH]c4c3)s2)[nH]1)C(C)C. The van der Waals surface area contributed by atoms with Crippen LogP contribution in [0.2, 0.25) is 0 Å². The van der Waals surface area contributed by atoms with E-state index in [1.165, 1.54) is 14.2 Å². The number of nitrogens with zero attached hydrogens (tertiary/aromatic N) is 4. The van der Waals surface area contributed by atoms with Gasteiger partial charge in [-0.3, -0.25) is 9.59 Å². The second kappa shape index (κ2) is 16.9. The van der Waals surface area contributed by atoms with Gasteiger partial charge in [0.2, 0.25) is 11.8 Å². The second-order valence-electron chi connectivity index (χ2n) is 14.6. The van der Waals surface area contributed by atoms with Gasteiger partial charge in [0.25, 0.3) is 0 Å². The number of rotatable bonds is 12. The number of ether oxygens (including phenoxy) is 2. The van der Waals surface area contributed by atoms with Gasteiger partial charge in [0, 0.05) is 18.0 Å². The number of methoxy groups -OCH3 is 2. The molecule has 0 spiro atoms. The zero-order valence-electron chi connectivity index (χ0n) is 31.7. The Morgan fingerprint density at radius 1 is 0.870 bits per heavy atom. The van der Waals surface area contributed by atoms with Crippen molar-refractivity contribution in [1.82, 2.24) is 40.4 Å². The van der Waals surface area contributed by atoms with E-state index in [1.807, 2.05) is 49.8 Å². The fourth-order valence-corrected chi connectivity index (χ4v) is 8.18. The summed E-state index contributed by atoms with van der Waals surface area (Å²) in [6.45, 7) is 8.82. The fraction of sp³-hybridized carbons (Fsp3) is 0.487. The lowest BCUT2D eigenvalue weighted by atomic mass is 10.0. The van der Waals surface area contributed by atoms with Gasteiger partial charge in [0.15, 0.2) is 0 Å². The molecule has 4 amide bonds. The van der Waals surface area contributed by atoms with Gasteiger partial charge in [0.1, 0.15) is 23.7 Å². The topological polar surface area (TPSA) is 175 Å². The number of amides is 4. The summed E-state index contributed by atoms with van der Waals surface area (Å²) < 4.78 is 9.51. The predicted molar refractivity (Wildman–Crippen MR) is 206 cm³/mol. The van der Waals surface area contributed by atoms with E-state index in [1.54, 1.807) is 11.3 Å². The third-order valence-electron chi connectivity index (χ3n) is 10.2. The number of hydrogen-bond donors (Lipinski definition) is 4. The first kappa shape index (κ1) is 38.5. The average molecular weight is 759 g/mol. The van der Waals surface area contributed by atoms with Crippen LogP contribution in [0, 0.1) is 11.8 Å². The van der Waals surface area contributed by atoms with Crippen molar-refractivity contribution < 1.29 is 28.7 Å². The average Bonchev–Trinajstić information content (AvgIpc) is 4.00. The lowest BCUT2D eigenvalue weighted by Crippen LogP contribution is -2.51. The van der Waals surface area contributed by atoms with Crippen LogP contribution in [0.5, 0.6) is 0 Å². The number of fused-ring (bicyclic) bond motifs is 1. The van der Waals surface area contributed by atoms with Crippen molar-refractivity contribution in [3.8, 4) is 10.6 Å². The van der Waals surface area contributed by atoms with Gasteiger partial charge < -0.3 is 39.9 Å². The Hall–Kier alpha value is -5.18. The molecule has 0 bridgehead atoms. The van der Waals surface area contributed by atoms with E-state index in [2.05, 4.69) is 62.0 Å². The van der Waals surface area contributed by atoms with Gasteiger partial charge in [-0.05, 0) is 79.8 Å². The van der Waals surface area contributed by atoms with E-state index in [-0.39, 0.29) is 35.7 Å². The number of thiophene rings is 1. The summed E-state index contributed by atoms with van der Waals surface area (Å²) in [5.74, 6) is 1.02. The number of benzene rings is 1. The molecule has 1 aromatic carbocycles. The van der Waals surface area contributed by atoms with Crippen molar-refractivity contribution in [2.45, 2.75) is 84.0 Å². The summed E-state index contributed by atoms with van der Waals surface area (Å²) in [4.78, 5) is 73.1. The third-order valence-corrected chi connectivity index (χ3v) is 11.3. The number of aromatic amines is 2. The molecule has 5 heterocycles. The normalized spacial score (nSPS) is 18.5. The van der Waals surface area contributed by atoms with Gasteiger partial charge in [0.05, 0.1) is 54.1 Å². The first-order chi connectivity index (χ1) is 26.0. The first-order valence-electron chi connectivity index (χ1n) is 18.6. The molecule has 0 radical (unpaired) electrons. The molecular formula is C39H50N8O6S. The zero-order chi connectivity index (χ0) is 38.5. The van der Waals surface area contributed by atoms with Crippen molar-refractivity contribution in [3.63, 3.8) is 0 Å². The van der Waals surface area contributed by atoms with Gasteiger partial charge >= 0.3 is 12.2 Å². The molecule has 0 unspecified atom stereocenters. The van der Waals surface area contributed by atoms with Crippen LogP contribution in [0.3, 0.4) is 0 Å². The Labute approximate surface area is 319 Å². The maximum atomic E-state index is 13.5. The van der Waals surface area contributed by atoms with Crippen LogP contribution >= 0.6 is 11.3 Å². The Kier molecular flexibility index (Phi) is 12.0. The van der Waals surface area contributed by atoms with Gasteiger partial charge in [-0.2, -0.15) is 0 Å². The summed E-state index contributed by atoms with van der Waals surface area (Å²) >= 11 is 1.65. The summed E-state index contributed by atoms with van der Waals surface area (Å²) in [6.07, 6.45) is 8.85. The van der Waals surface area contributed by atoms with E-state index in [0.29, 0.717) is 13.1 Å². The zero-order valence-corrected chi connectivity index (χ0v) is 32.5. The number of nitrogens with one attached hydrogen (secondary N) is 4. The summed E-state index contributed by atoms with van der Waals surface area (Å²) in [5, 5.41) is 5.39. The fourth-order valence-electron chi connectivity index (χ4n) is 7.28. The Morgan fingerprint density at radius 3 is 2.07 bits per heavy atom. The largest absolute Gasteiger partial charge is 0.453 e. The van der Waals surface area contributed by atoms with Gasteiger partial charge in [-0.1, -0.05) is 39.8 Å². The third kappa shape index (κ3) is 8.46. The van der Waals surface area contributed by atoms with Crippen LogP contribution in [0.4, 0.5) is 9.59 Å². The van der Waals surface area contributed by atoms with E-state index >= 15 is 0 Å². The maximum Gasteiger partial charge on any atom is 0.407 e. The smallest absolute Gasteiger partial charge is 0.407 e. The van der Waals surface area contributed by atoms with E-state index in [0.717, 1.165) is 75.8 Å². The van der Waals surface area contributed by atoms with Crippen molar-refractivity contribution in [3.05, 3.63) is 64.7 Å². The minimum atomic E-state index is -0.681. The highest BCUT2D eigenvalue weighted by Gasteiger charge is 2.39. The predicted octanol–water partition coefficient (Wildman–Crippen LogP) is 6.36. The van der Waals surface area contributed by atoms with E-state index in [9.17, 15) is 19.2 Å². The minimum Gasteiger partial charge on any atom is -0.453 e. The molecule has 14 nitrogen and oxygen atoms in total. The number of likely N-dealkylation sites (tertiary alicyclic amines) is 2. The number of H-pyrrole nitrogens is 2. The number of alkyl carbamates (subject to hydrolysis) is 2. The summed E-state index contributed by atoms with van der Waals surface area (Å²) in [7, 11) is 2.58. The number of allylic oxidation sites excluding steroid dienone is 1. The highest BCUT2D eigenvalue weighted by Crippen LogP contribution is 2.35. The quantitative estimate of drug-likeness (QED) is 0.129. The van der Waals surface area contributed by atoms with Crippen molar-refractivity contribution in [2.75, 3.05) is 27.3 Å². The number of imidazole rings is 2. The van der Waals surface area contributed by atoms with Crippen molar-refractivity contribution in [2.24, 2.45) is 11.8 Å². The Bertz CT molecular complexity index is 2000.